The Balaban J connectivity index is 1.62. The fraction of sp³-hybridized carbons (Fsp3) is 0.263. The van der Waals surface area contributed by atoms with Gasteiger partial charge in [0.1, 0.15) is 6.61 Å². The van der Waals surface area contributed by atoms with E-state index in [1.807, 2.05) is 49.4 Å². The highest BCUT2D eigenvalue weighted by Gasteiger charge is 2.36. The van der Waals surface area contributed by atoms with Crippen LogP contribution >= 0.6 is 11.6 Å². The Kier molecular flexibility index (Phi) is 4.86. The molecular formula is C19H18ClNO3. The van der Waals surface area contributed by atoms with Crippen LogP contribution in [0.4, 0.5) is 5.69 Å². The molecule has 0 bridgehead atoms. The smallest absolute Gasteiger partial charge is 0.311 e. The lowest BCUT2D eigenvalue weighted by molar-refractivity contribution is -0.149. The third kappa shape index (κ3) is 3.60. The predicted octanol–water partition coefficient (Wildman–Crippen LogP) is 3.74. The van der Waals surface area contributed by atoms with Gasteiger partial charge in [-0.15, -0.1) is 0 Å². The van der Waals surface area contributed by atoms with Crippen molar-refractivity contribution in [1.82, 2.24) is 0 Å². The van der Waals surface area contributed by atoms with Gasteiger partial charge in [-0.1, -0.05) is 47.5 Å². The Morgan fingerprint density at radius 2 is 1.92 bits per heavy atom. The molecule has 124 valence electrons. The van der Waals surface area contributed by atoms with Crippen LogP contribution in [-0.2, 0) is 20.9 Å². The van der Waals surface area contributed by atoms with E-state index in [0.29, 0.717) is 11.6 Å². The molecule has 0 unspecified atom stereocenters. The van der Waals surface area contributed by atoms with Gasteiger partial charge in [0.15, 0.2) is 0 Å². The normalized spacial score (nSPS) is 17.2. The second-order valence-electron chi connectivity index (χ2n) is 5.94. The largest absolute Gasteiger partial charge is 0.460 e. The maximum atomic E-state index is 12.3. The molecule has 1 saturated heterocycles. The summed E-state index contributed by atoms with van der Waals surface area (Å²) in [6.07, 6.45) is 0.176. The molecule has 0 aromatic heterocycles. The number of hydrogen-bond acceptors (Lipinski definition) is 3. The summed E-state index contributed by atoms with van der Waals surface area (Å²) in [4.78, 5) is 26.1. The molecule has 1 aliphatic rings. The van der Waals surface area contributed by atoms with Crippen molar-refractivity contribution < 1.29 is 14.3 Å². The van der Waals surface area contributed by atoms with E-state index < -0.39 is 5.92 Å². The molecule has 0 aliphatic carbocycles. The Morgan fingerprint density at radius 3 is 2.62 bits per heavy atom. The molecule has 1 heterocycles. The van der Waals surface area contributed by atoms with Gasteiger partial charge in [0.25, 0.3) is 0 Å². The van der Waals surface area contributed by atoms with E-state index in [4.69, 9.17) is 16.3 Å². The summed E-state index contributed by atoms with van der Waals surface area (Å²) in [5.74, 6) is -0.863. The number of carbonyl (C=O) groups excluding carboxylic acids is 2. The van der Waals surface area contributed by atoms with Crippen LogP contribution in [0.1, 0.15) is 17.5 Å². The van der Waals surface area contributed by atoms with Gasteiger partial charge in [-0.05, 0) is 25.1 Å². The summed E-state index contributed by atoms with van der Waals surface area (Å²) in [5, 5.41) is 0.564. The summed E-state index contributed by atoms with van der Waals surface area (Å²) < 4.78 is 5.34. The van der Waals surface area contributed by atoms with Crippen molar-refractivity contribution in [2.24, 2.45) is 5.92 Å². The lowest BCUT2D eigenvalue weighted by Crippen LogP contribution is -2.26. The van der Waals surface area contributed by atoms with Crippen LogP contribution in [0, 0.1) is 12.8 Å². The topological polar surface area (TPSA) is 46.6 Å². The average Bonchev–Trinajstić information content (AvgIpc) is 2.96. The number of esters is 1. The SMILES string of the molecule is Cc1ccc(N2C[C@H](C(=O)OCc3ccccc3Cl)CC2=O)cc1. The third-order valence-corrected chi connectivity index (χ3v) is 4.50. The number of hydrogen-bond donors (Lipinski definition) is 0. The van der Waals surface area contributed by atoms with Crippen LogP contribution in [0.2, 0.25) is 5.02 Å². The average molecular weight is 344 g/mol. The zero-order chi connectivity index (χ0) is 17.1. The first kappa shape index (κ1) is 16.5. The van der Waals surface area contributed by atoms with Crippen molar-refractivity contribution in [2.75, 3.05) is 11.4 Å². The fourth-order valence-corrected chi connectivity index (χ4v) is 2.91. The number of amides is 1. The zero-order valence-corrected chi connectivity index (χ0v) is 14.1. The van der Waals surface area contributed by atoms with E-state index in [0.717, 1.165) is 16.8 Å². The minimum atomic E-state index is -0.443. The molecular weight excluding hydrogens is 326 g/mol. The lowest BCUT2D eigenvalue weighted by Gasteiger charge is -2.16. The van der Waals surface area contributed by atoms with Gasteiger partial charge in [-0.2, -0.15) is 0 Å². The van der Waals surface area contributed by atoms with Crippen molar-refractivity contribution in [1.29, 1.82) is 0 Å². The van der Waals surface area contributed by atoms with E-state index in [1.165, 1.54) is 0 Å². The number of anilines is 1. The first-order valence-corrected chi connectivity index (χ1v) is 8.19. The standard InChI is InChI=1S/C19H18ClNO3/c1-13-6-8-16(9-7-13)21-11-15(10-18(21)22)19(23)24-12-14-4-2-3-5-17(14)20/h2-9,15H,10-12H2,1H3/t15-/m1/s1. The molecule has 4 nitrogen and oxygen atoms in total. The summed E-state index contributed by atoms with van der Waals surface area (Å²) in [7, 11) is 0. The van der Waals surface area contributed by atoms with Crippen molar-refractivity contribution in [2.45, 2.75) is 20.0 Å². The molecule has 0 spiro atoms. The lowest BCUT2D eigenvalue weighted by atomic mass is 10.1. The third-order valence-electron chi connectivity index (χ3n) is 4.13. The molecule has 2 aromatic carbocycles. The van der Waals surface area contributed by atoms with Crippen molar-refractivity contribution >= 4 is 29.2 Å². The van der Waals surface area contributed by atoms with Gasteiger partial charge in [0.2, 0.25) is 5.91 Å². The van der Waals surface area contributed by atoms with Crippen molar-refractivity contribution in [3.63, 3.8) is 0 Å². The van der Waals surface area contributed by atoms with Crippen molar-refractivity contribution in [3.05, 3.63) is 64.7 Å². The molecule has 5 heteroatoms. The zero-order valence-electron chi connectivity index (χ0n) is 13.4. The van der Waals surface area contributed by atoms with E-state index >= 15 is 0 Å². The number of ether oxygens (including phenoxy) is 1. The first-order valence-electron chi connectivity index (χ1n) is 7.81. The summed E-state index contributed by atoms with van der Waals surface area (Å²) in [6, 6.07) is 14.9. The van der Waals surface area contributed by atoms with Crippen LogP contribution in [0.25, 0.3) is 0 Å². The summed E-state index contributed by atoms with van der Waals surface area (Å²) in [6.45, 7) is 2.46. The van der Waals surface area contributed by atoms with Gasteiger partial charge in [-0.25, -0.2) is 0 Å². The molecule has 1 aliphatic heterocycles. The Bertz CT molecular complexity index is 757. The highest BCUT2D eigenvalue weighted by molar-refractivity contribution is 6.31. The van der Waals surface area contributed by atoms with Crippen molar-refractivity contribution in [3.8, 4) is 0 Å². The number of carbonyl (C=O) groups is 2. The molecule has 0 N–H and O–H groups in total. The number of aryl methyl sites for hydroxylation is 1. The molecule has 0 radical (unpaired) electrons. The van der Waals surface area contributed by atoms with Gasteiger partial charge < -0.3 is 9.64 Å². The van der Waals surface area contributed by atoms with Gasteiger partial charge in [-0.3, -0.25) is 9.59 Å². The quantitative estimate of drug-likeness (QED) is 0.794. The Labute approximate surface area is 146 Å². The maximum Gasteiger partial charge on any atom is 0.311 e. The molecule has 1 amide bonds. The predicted molar refractivity (Wildman–Crippen MR) is 92.9 cm³/mol. The van der Waals surface area contributed by atoms with Crippen LogP contribution in [-0.4, -0.2) is 18.4 Å². The summed E-state index contributed by atoms with van der Waals surface area (Å²) >= 11 is 6.05. The molecule has 1 fully saturated rings. The van der Waals surface area contributed by atoms with Gasteiger partial charge >= 0.3 is 5.97 Å². The first-order chi connectivity index (χ1) is 11.5. The maximum absolute atomic E-state index is 12.3. The fourth-order valence-electron chi connectivity index (χ4n) is 2.72. The molecule has 0 saturated carbocycles. The van der Waals surface area contributed by atoms with Gasteiger partial charge in [0, 0.05) is 29.2 Å². The Hall–Kier alpha value is -2.33. The molecule has 24 heavy (non-hydrogen) atoms. The monoisotopic (exact) mass is 343 g/mol. The Morgan fingerprint density at radius 1 is 1.21 bits per heavy atom. The molecule has 1 atom stereocenters. The minimum Gasteiger partial charge on any atom is -0.460 e. The second kappa shape index (κ2) is 7.05. The highest BCUT2D eigenvalue weighted by atomic mass is 35.5. The van der Waals surface area contributed by atoms with E-state index in [-0.39, 0.29) is 24.9 Å². The highest BCUT2D eigenvalue weighted by Crippen LogP contribution is 2.26. The van der Waals surface area contributed by atoms with E-state index in [1.54, 1.807) is 11.0 Å². The number of rotatable bonds is 4. The van der Waals surface area contributed by atoms with Crippen LogP contribution in [0.15, 0.2) is 48.5 Å². The number of nitrogens with zero attached hydrogens (tertiary/aromatic N) is 1. The summed E-state index contributed by atoms with van der Waals surface area (Å²) in [5.41, 5.74) is 2.69. The van der Waals surface area contributed by atoms with E-state index in [2.05, 4.69) is 0 Å². The number of halogens is 1. The van der Waals surface area contributed by atoms with Crippen LogP contribution < -0.4 is 4.90 Å². The van der Waals surface area contributed by atoms with E-state index in [9.17, 15) is 9.59 Å². The minimum absolute atomic E-state index is 0.0569. The van der Waals surface area contributed by atoms with Crippen LogP contribution in [0.5, 0.6) is 0 Å². The molecule has 2 aromatic rings. The number of benzene rings is 2. The second-order valence-corrected chi connectivity index (χ2v) is 6.35. The van der Waals surface area contributed by atoms with Gasteiger partial charge in [0.05, 0.1) is 5.92 Å². The molecule has 3 rings (SSSR count). The van der Waals surface area contributed by atoms with Crippen LogP contribution in [0.3, 0.4) is 0 Å².